The van der Waals surface area contributed by atoms with Gasteiger partial charge in [-0.15, -0.1) is 0 Å². The van der Waals surface area contributed by atoms with Gasteiger partial charge in [0.25, 0.3) is 0 Å². The Morgan fingerprint density at radius 1 is 1.40 bits per heavy atom. The average molecular weight is 358 g/mol. The van der Waals surface area contributed by atoms with Crippen molar-refractivity contribution in [1.82, 2.24) is 15.5 Å². The van der Waals surface area contributed by atoms with Crippen molar-refractivity contribution in [3.8, 4) is 11.4 Å². The van der Waals surface area contributed by atoms with E-state index in [9.17, 15) is 4.39 Å². The maximum atomic E-state index is 13.4. The van der Waals surface area contributed by atoms with Crippen molar-refractivity contribution < 1.29 is 8.91 Å². The highest BCUT2D eigenvalue weighted by molar-refractivity contribution is 9.10. The largest absolute Gasteiger partial charge is 0.339 e. The van der Waals surface area contributed by atoms with E-state index in [4.69, 9.17) is 4.52 Å². The summed E-state index contributed by atoms with van der Waals surface area (Å²) in [7, 11) is 1.94. The highest BCUT2D eigenvalue weighted by Crippen LogP contribution is 2.33. The molecule has 0 aliphatic carbocycles. The number of rotatable bonds is 3. The minimum absolute atomic E-state index is 0.211. The number of benzene rings is 1. The second kappa shape index (κ2) is 5.83. The van der Waals surface area contributed by atoms with Crippen LogP contribution in [0.3, 0.4) is 0 Å². The Hall–Kier alpha value is -0.920. The van der Waals surface area contributed by atoms with Crippen LogP contribution in [-0.4, -0.2) is 34.7 Å². The molecule has 20 heavy (non-hydrogen) atoms. The fourth-order valence-electron chi connectivity index (χ4n) is 2.27. The number of aromatic nitrogens is 2. The summed E-state index contributed by atoms with van der Waals surface area (Å²) in [6, 6.07) is 4.91. The quantitative estimate of drug-likeness (QED) is 0.914. The van der Waals surface area contributed by atoms with Gasteiger partial charge < -0.3 is 9.84 Å². The molecule has 2 atom stereocenters. The number of thioether (sulfide) groups is 1. The third kappa shape index (κ3) is 2.75. The molecule has 1 aliphatic heterocycles. The molecule has 2 aromatic rings. The first-order valence-corrected chi connectivity index (χ1v) is 8.17. The number of hydrogen-bond acceptors (Lipinski definition) is 5. The monoisotopic (exact) mass is 357 g/mol. The Bertz CT molecular complexity index is 601. The van der Waals surface area contributed by atoms with E-state index < -0.39 is 0 Å². The summed E-state index contributed by atoms with van der Waals surface area (Å²) >= 11 is 5.13. The molecular weight excluding hydrogens is 345 g/mol. The number of nitrogens with one attached hydrogen (secondary N) is 1. The van der Waals surface area contributed by atoms with Crippen LogP contribution >= 0.6 is 27.7 Å². The van der Waals surface area contributed by atoms with Crippen LogP contribution in [0, 0.1) is 5.82 Å². The van der Waals surface area contributed by atoms with Crippen molar-refractivity contribution in [2.75, 3.05) is 18.6 Å². The third-order valence-electron chi connectivity index (χ3n) is 3.33. The van der Waals surface area contributed by atoms with Gasteiger partial charge in [-0.05, 0) is 25.2 Å². The molecule has 3 rings (SSSR count). The van der Waals surface area contributed by atoms with Crippen molar-refractivity contribution in [1.29, 1.82) is 0 Å². The standard InChI is InChI=1S/C13H13BrFN3OS/c1-16-11-6-20-5-10(11)13-17-12(18-19-13)7-2-8(14)4-9(15)3-7/h2-4,10-11,16H,5-6H2,1H3. The lowest BCUT2D eigenvalue weighted by Gasteiger charge is -2.13. The molecule has 7 heteroatoms. The maximum absolute atomic E-state index is 13.4. The summed E-state index contributed by atoms with van der Waals surface area (Å²) in [4.78, 5) is 4.42. The molecule has 1 aromatic carbocycles. The van der Waals surface area contributed by atoms with E-state index in [0.717, 1.165) is 11.5 Å². The van der Waals surface area contributed by atoms with E-state index in [-0.39, 0.29) is 11.7 Å². The molecule has 0 radical (unpaired) electrons. The molecule has 1 fully saturated rings. The summed E-state index contributed by atoms with van der Waals surface area (Å²) in [5.41, 5.74) is 0.610. The number of nitrogens with zero attached hydrogens (tertiary/aromatic N) is 2. The normalized spacial score (nSPS) is 22.4. The minimum atomic E-state index is -0.328. The fourth-order valence-corrected chi connectivity index (χ4v) is 4.15. The third-order valence-corrected chi connectivity index (χ3v) is 4.98. The van der Waals surface area contributed by atoms with Crippen LogP contribution < -0.4 is 5.32 Å². The molecule has 2 unspecified atom stereocenters. The molecule has 0 bridgehead atoms. The summed E-state index contributed by atoms with van der Waals surface area (Å²) in [5, 5.41) is 7.23. The van der Waals surface area contributed by atoms with Crippen molar-refractivity contribution in [2.45, 2.75) is 12.0 Å². The molecule has 0 saturated carbocycles. The molecule has 106 valence electrons. The van der Waals surface area contributed by atoms with Gasteiger partial charge in [-0.3, -0.25) is 0 Å². The summed E-state index contributed by atoms with van der Waals surface area (Å²) in [6.45, 7) is 0. The summed E-state index contributed by atoms with van der Waals surface area (Å²) in [5.74, 6) is 2.91. The molecule has 2 heterocycles. The molecule has 0 amide bonds. The van der Waals surface area contributed by atoms with Gasteiger partial charge in [-0.2, -0.15) is 16.7 Å². The van der Waals surface area contributed by atoms with Gasteiger partial charge in [0.05, 0.1) is 5.92 Å². The maximum Gasteiger partial charge on any atom is 0.232 e. The molecule has 1 aromatic heterocycles. The number of hydrogen-bond donors (Lipinski definition) is 1. The Morgan fingerprint density at radius 2 is 2.25 bits per heavy atom. The molecule has 1 saturated heterocycles. The van der Waals surface area contributed by atoms with Crippen LogP contribution in [0.1, 0.15) is 11.8 Å². The zero-order valence-corrected chi connectivity index (χ0v) is 13.2. The van der Waals surface area contributed by atoms with E-state index in [1.807, 2.05) is 18.8 Å². The van der Waals surface area contributed by atoms with E-state index >= 15 is 0 Å². The van der Waals surface area contributed by atoms with E-state index in [0.29, 0.717) is 27.8 Å². The zero-order chi connectivity index (χ0) is 14.1. The van der Waals surface area contributed by atoms with Crippen molar-refractivity contribution in [3.63, 3.8) is 0 Å². The SMILES string of the molecule is CNC1CSCC1c1nc(-c2cc(F)cc(Br)c2)no1. The topological polar surface area (TPSA) is 51.0 Å². The molecule has 1 aliphatic rings. The highest BCUT2D eigenvalue weighted by Gasteiger charge is 2.32. The Balaban J connectivity index is 1.90. The first-order valence-electron chi connectivity index (χ1n) is 6.22. The van der Waals surface area contributed by atoms with Gasteiger partial charge in [-0.25, -0.2) is 4.39 Å². The Labute approximate surface area is 128 Å². The van der Waals surface area contributed by atoms with E-state index in [1.165, 1.54) is 12.1 Å². The van der Waals surface area contributed by atoms with Crippen LogP contribution in [0.4, 0.5) is 4.39 Å². The van der Waals surface area contributed by atoms with Crippen LogP contribution in [0.2, 0.25) is 0 Å². The van der Waals surface area contributed by atoms with Gasteiger partial charge in [0, 0.05) is 27.6 Å². The molecule has 1 N–H and O–H groups in total. The first-order chi connectivity index (χ1) is 9.67. The number of halogens is 2. The molecule has 0 spiro atoms. The summed E-state index contributed by atoms with van der Waals surface area (Å²) in [6.07, 6.45) is 0. The molecule has 4 nitrogen and oxygen atoms in total. The van der Waals surface area contributed by atoms with Crippen LogP contribution in [-0.2, 0) is 0 Å². The lowest BCUT2D eigenvalue weighted by Crippen LogP contribution is -2.31. The Kier molecular flexibility index (Phi) is 4.09. The van der Waals surface area contributed by atoms with Crippen LogP contribution in [0.5, 0.6) is 0 Å². The average Bonchev–Trinajstić information content (AvgIpc) is 3.06. The zero-order valence-electron chi connectivity index (χ0n) is 10.8. The first kappa shape index (κ1) is 14.0. The van der Waals surface area contributed by atoms with Gasteiger partial charge in [0.1, 0.15) is 5.82 Å². The predicted octanol–water partition coefficient (Wildman–Crippen LogP) is 3.06. The number of likely N-dealkylation sites (N-methyl/N-ethyl adjacent to an activating group) is 1. The lowest BCUT2D eigenvalue weighted by molar-refractivity contribution is 0.344. The van der Waals surface area contributed by atoms with Gasteiger partial charge >= 0.3 is 0 Å². The van der Waals surface area contributed by atoms with E-state index in [2.05, 4.69) is 31.4 Å². The highest BCUT2D eigenvalue weighted by atomic mass is 79.9. The second-order valence-corrected chi connectivity index (χ2v) is 6.64. The van der Waals surface area contributed by atoms with Crippen LogP contribution in [0.15, 0.2) is 27.2 Å². The van der Waals surface area contributed by atoms with E-state index in [1.54, 1.807) is 6.07 Å². The lowest BCUT2D eigenvalue weighted by atomic mass is 10.0. The van der Waals surface area contributed by atoms with Crippen LogP contribution in [0.25, 0.3) is 11.4 Å². The molecular formula is C13H13BrFN3OS. The Morgan fingerprint density at radius 3 is 3.00 bits per heavy atom. The predicted molar refractivity (Wildman–Crippen MR) is 80.3 cm³/mol. The minimum Gasteiger partial charge on any atom is -0.339 e. The fraction of sp³-hybridized carbons (Fsp3) is 0.385. The smallest absolute Gasteiger partial charge is 0.232 e. The van der Waals surface area contributed by atoms with Gasteiger partial charge in [0.15, 0.2) is 0 Å². The van der Waals surface area contributed by atoms with Crippen molar-refractivity contribution >= 4 is 27.7 Å². The van der Waals surface area contributed by atoms with Crippen molar-refractivity contribution in [3.05, 3.63) is 34.4 Å². The van der Waals surface area contributed by atoms with Gasteiger partial charge in [0.2, 0.25) is 11.7 Å². The van der Waals surface area contributed by atoms with Crippen molar-refractivity contribution in [2.24, 2.45) is 0 Å². The summed E-state index contributed by atoms with van der Waals surface area (Å²) < 4.78 is 19.4. The second-order valence-electron chi connectivity index (χ2n) is 4.65. The van der Waals surface area contributed by atoms with Gasteiger partial charge in [-0.1, -0.05) is 21.1 Å².